The number of carbonyl (C=O) groups is 1. The number of hydrogen-bond donors (Lipinski definition) is 2. The van der Waals surface area contributed by atoms with Gasteiger partial charge in [0.2, 0.25) is 5.91 Å². The quantitative estimate of drug-likeness (QED) is 0.563. The summed E-state index contributed by atoms with van der Waals surface area (Å²) in [5.41, 5.74) is 10.6. The monoisotopic (exact) mass is 175 g/mol. The first kappa shape index (κ1) is 8.91. The molecular formula is C6H14N3OP. The fraction of sp³-hybridized carbons (Fsp3) is 0.833. The van der Waals surface area contributed by atoms with Crippen molar-refractivity contribution in [3.63, 3.8) is 0 Å². The van der Waals surface area contributed by atoms with Gasteiger partial charge in [0.1, 0.15) is 0 Å². The van der Waals surface area contributed by atoms with Crippen LogP contribution in [-0.2, 0) is 4.79 Å². The first-order valence-electron chi connectivity index (χ1n) is 3.74. The SMILES string of the molecule is NPN1CCCC(C(N)=O)C1. The van der Waals surface area contributed by atoms with Crippen LogP contribution in [0.5, 0.6) is 0 Å². The van der Waals surface area contributed by atoms with Crippen LogP contribution < -0.4 is 11.2 Å². The van der Waals surface area contributed by atoms with Gasteiger partial charge in [-0.2, -0.15) is 0 Å². The summed E-state index contributed by atoms with van der Waals surface area (Å²) in [6.07, 6.45) is 1.97. The van der Waals surface area contributed by atoms with Crippen LogP contribution in [-0.4, -0.2) is 23.7 Å². The molecule has 0 aromatic carbocycles. The van der Waals surface area contributed by atoms with E-state index in [0.29, 0.717) is 8.88 Å². The number of rotatable bonds is 2. The highest BCUT2D eigenvalue weighted by atomic mass is 31.1. The third-order valence-corrected chi connectivity index (χ3v) is 2.78. The lowest BCUT2D eigenvalue weighted by molar-refractivity contribution is -0.122. The largest absolute Gasteiger partial charge is 0.369 e. The zero-order valence-corrected chi connectivity index (χ0v) is 7.42. The molecule has 1 aliphatic rings. The van der Waals surface area contributed by atoms with E-state index in [1.807, 2.05) is 0 Å². The highest BCUT2D eigenvalue weighted by Crippen LogP contribution is 2.21. The van der Waals surface area contributed by atoms with Gasteiger partial charge in [0.25, 0.3) is 0 Å². The van der Waals surface area contributed by atoms with Crippen LogP contribution in [0, 0.1) is 5.92 Å². The van der Waals surface area contributed by atoms with Gasteiger partial charge in [0, 0.05) is 22.0 Å². The van der Waals surface area contributed by atoms with Gasteiger partial charge in [-0.25, -0.2) is 0 Å². The molecule has 1 amide bonds. The summed E-state index contributed by atoms with van der Waals surface area (Å²) >= 11 is 0. The maximum atomic E-state index is 10.8. The van der Waals surface area contributed by atoms with E-state index in [-0.39, 0.29) is 11.8 Å². The molecule has 1 aliphatic heterocycles. The zero-order valence-electron chi connectivity index (χ0n) is 6.42. The molecule has 0 aromatic rings. The van der Waals surface area contributed by atoms with Crippen LogP contribution in [0.2, 0.25) is 0 Å². The number of nitrogens with zero attached hydrogens (tertiary/aromatic N) is 1. The average molecular weight is 175 g/mol. The predicted octanol–water partition coefficient (Wildman–Crippen LogP) is -0.349. The summed E-state index contributed by atoms with van der Waals surface area (Å²) in [5, 5.41) is 0. The number of hydrogen-bond acceptors (Lipinski definition) is 3. The van der Waals surface area contributed by atoms with E-state index in [4.69, 9.17) is 11.2 Å². The molecule has 2 atom stereocenters. The minimum atomic E-state index is -0.187. The summed E-state index contributed by atoms with van der Waals surface area (Å²) in [4.78, 5) is 10.8. The first-order chi connectivity index (χ1) is 5.24. The zero-order chi connectivity index (χ0) is 8.27. The second kappa shape index (κ2) is 4.00. The average Bonchev–Trinajstić information content (AvgIpc) is 2.05. The summed E-state index contributed by atoms with van der Waals surface area (Å²) < 4.78 is 2.08. The molecule has 1 heterocycles. The van der Waals surface area contributed by atoms with Crippen molar-refractivity contribution in [2.45, 2.75) is 12.8 Å². The molecule has 1 rings (SSSR count). The van der Waals surface area contributed by atoms with Crippen LogP contribution >= 0.6 is 8.88 Å². The van der Waals surface area contributed by atoms with Crippen molar-refractivity contribution in [3.05, 3.63) is 0 Å². The van der Waals surface area contributed by atoms with Gasteiger partial charge in [0.05, 0.1) is 5.92 Å². The van der Waals surface area contributed by atoms with E-state index in [0.717, 1.165) is 25.9 Å². The summed E-state index contributed by atoms with van der Waals surface area (Å²) in [5.74, 6) is -0.159. The van der Waals surface area contributed by atoms with Gasteiger partial charge in [0.15, 0.2) is 0 Å². The molecule has 4 N–H and O–H groups in total. The van der Waals surface area contributed by atoms with E-state index >= 15 is 0 Å². The molecule has 0 saturated carbocycles. The lowest BCUT2D eigenvalue weighted by Gasteiger charge is -2.29. The van der Waals surface area contributed by atoms with Crippen molar-refractivity contribution in [1.29, 1.82) is 0 Å². The Balaban J connectivity index is 2.39. The molecule has 0 bridgehead atoms. The third-order valence-electron chi connectivity index (χ3n) is 2.01. The summed E-state index contributed by atoms with van der Waals surface area (Å²) in [7, 11) is 0.311. The van der Waals surface area contributed by atoms with Gasteiger partial charge >= 0.3 is 0 Å². The van der Waals surface area contributed by atoms with E-state index < -0.39 is 0 Å². The Morgan fingerprint density at radius 1 is 1.64 bits per heavy atom. The van der Waals surface area contributed by atoms with Crippen molar-refractivity contribution in [1.82, 2.24) is 4.67 Å². The van der Waals surface area contributed by atoms with Gasteiger partial charge in [-0.3, -0.25) is 15.0 Å². The molecule has 1 fully saturated rings. The highest BCUT2D eigenvalue weighted by molar-refractivity contribution is 7.32. The van der Waals surface area contributed by atoms with Crippen LogP contribution in [0.4, 0.5) is 0 Å². The molecule has 0 aromatic heterocycles. The molecule has 5 heteroatoms. The molecule has 0 radical (unpaired) electrons. The van der Waals surface area contributed by atoms with Crippen molar-refractivity contribution in [3.8, 4) is 0 Å². The summed E-state index contributed by atoms with van der Waals surface area (Å²) in [6.45, 7) is 1.77. The van der Waals surface area contributed by atoms with Crippen LogP contribution in [0.15, 0.2) is 0 Å². The highest BCUT2D eigenvalue weighted by Gasteiger charge is 2.22. The molecule has 0 spiro atoms. The minimum absolute atomic E-state index is 0.0276. The standard InChI is InChI=1S/C6H14N3OP/c7-6(10)5-2-1-3-9(4-5)11-8/h5,11H,1-4,8H2,(H2,7,10). The third kappa shape index (κ3) is 2.40. The maximum Gasteiger partial charge on any atom is 0.221 e. The van der Waals surface area contributed by atoms with Crippen LogP contribution in [0.1, 0.15) is 12.8 Å². The Hall–Kier alpha value is -0.180. The second-order valence-electron chi connectivity index (χ2n) is 2.82. The normalized spacial score (nSPS) is 27.9. The number of amides is 1. The molecule has 1 saturated heterocycles. The Labute approximate surface area is 68.2 Å². The molecule has 11 heavy (non-hydrogen) atoms. The number of carbonyl (C=O) groups excluding carboxylic acids is 1. The molecule has 4 nitrogen and oxygen atoms in total. The Morgan fingerprint density at radius 2 is 2.36 bits per heavy atom. The van der Waals surface area contributed by atoms with Gasteiger partial charge in [-0.15, -0.1) is 0 Å². The second-order valence-corrected chi connectivity index (χ2v) is 3.71. The lowest BCUT2D eigenvalue weighted by atomic mass is 9.99. The summed E-state index contributed by atoms with van der Waals surface area (Å²) in [6, 6.07) is 0. The fourth-order valence-corrected chi connectivity index (χ4v) is 1.94. The van der Waals surface area contributed by atoms with Crippen molar-refractivity contribution < 1.29 is 4.79 Å². The lowest BCUT2D eigenvalue weighted by Crippen LogP contribution is -2.37. The number of primary amides is 1. The van der Waals surface area contributed by atoms with E-state index in [2.05, 4.69) is 4.67 Å². The Morgan fingerprint density at radius 3 is 2.91 bits per heavy atom. The molecule has 0 aliphatic carbocycles. The topological polar surface area (TPSA) is 72.3 Å². The Bertz CT molecular complexity index is 153. The van der Waals surface area contributed by atoms with Gasteiger partial charge in [-0.05, 0) is 12.8 Å². The van der Waals surface area contributed by atoms with Crippen molar-refractivity contribution in [2.75, 3.05) is 13.1 Å². The molecule has 2 unspecified atom stereocenters. The smallest absolute Gasteiger partial charge is 0.221 e. The van der Waals surface area contributed by atoms with Crippen molar-refractivity contribution >= 4 is 14.8 Å². The maximum absolute atomic E-state index is 10.8. The predicted molar refractivity (Wildman–Crippen MR) is 46.0 cm³/mol. The van der Waals surface area contributed by atoms with Crippen LogP contribution in [0.3, 0.4) is 0 Å². The van der Waals surface area contributed by atoms with Gasteiger partial charge in [-0.1, -0.05) is 0 Å². The first-order valence-corrected chi connectivity index (χ1v) is 4.77. The fourth-order valence-electron chi connectivity index (χ4n) is 1.33. The van der Waals surface area contributed by atoms with E-state index in [9.17, 15) is 4.79 Å². The van der Waals surface area contributed by atoms with Gasteiger partial charge < -0.3 is 5.73 Å². The number of piperidine rings is 1. The molecule has 64 valence electrons. The van der Waals surface area contributed by atoms with Crippen LogP contribution in [0.25, 0.3) is 0 Å². The number of nitrogens with two attached hydrogens (primary N) is 2. The van der Waals surface area contributed by atoms with E-state index in [1.165, 1.54) is 0 Å². The molecular weight excluding hydrogens is 161 g/mol. The Kier molecular flexibility index (Phi) is 3.24. The van der Waals surface area contributed by atoms with Crippen molar-refractivity contribution in [2.24, 2.45) is 17.2 Å². The minimum Gasteiger partial charge on any atom is -0.369 e. The van der Waals surface area contributed by atoms with E-state index in [1.54, 1.807) is 0 Å².